The highest BCUT2D eigenvalue weighted by molar-refractivity contribution is 8.59. The lowest BCUT2D eigenvalue weighted by Crippen LogP contribution is -2.28. The molecule has 1 aromatic heterocycles. The summed E-state index contributed by atoms with van der Waals surface area (Å²) in [6, 6.07) is 14.5. The molecular weight excluding hydrogens is 712 g/mol. The molecule has 2 unspecified atom stereocenters. The van der Waals surface area contributed by atoms with Gasteiger partial charge in [-0.15, -0.1) is 23.3 Å². The summed E-state index contributed by atoms with van der Waals surface area (Å²) in [6.45, 7) is 3.26. The van der Waals surface area contributed by atoms with Crippen LogP contribution in [0.4, 0.5) is 13.2 Å². The lowest BCUT2D eigenvalue weighted by Gasteiger charge is -2.22. The Morgan fingerprint density at radius 3 is 1.94 bits per heavy atom. The third-order valence-electron chi connectivity index (χ3n) is 12.6. The van der Waals surface area contributed by atoms with E-state index in [1.165, 1.54) is 48.4 Å². The van der Waals surface area contributed by atoms with Crippen LogP contribution in [0.25, 0.3) is 33.3 Å². The highest BCUT2D eigenvalue weighted by Crippen LogP contribution is 2.57. The van der Waals surface area contributed by atoms with Crippen molar-refractivity contribution in [2.75, 3.05) is 6.54 Å². The second-order valence-electron chi connectivity index (χ2n) is 15.9. The van der Waals surface area contributed by atoms with Crippen molar-refractivity contribution < 1.29 is 25.8 Å². The smallest absolute Gasteiger partial charge is 0.376 e. The molecule has 4 aliphatic carbocycles. The Balaban J connectivity index is 0.00000184. The summed E-state index contributed by atoms with van der Waals surface area (Å²) in [5.74, 6) is 1.44. The number of H-pyrrole nitrogens is 1. The molecule has 0 amide bonds. The number of alkyl halides is 3. The average Bonchev–Trinajstić information content (AvgIpc) is 3.96. The lowest BCUT2D eigenvalue weighted by molar-refractivity contribution is -0.0500. The monoisotopic (exact) mass is 755 g/mol. The summed E-state index contributed by atoms with van der Waals surface area (Å²) in [4.78, 5) is 8.53. The molecule has 4 aromatic rings. The molecule has 2 spiro atoms. The van der Waals surface area contributed by atoms with Gasteiger partial charge in [-0.1, -0.05) is 56.9 Å². The van der Waals surface area contributed by atoms with Gasteiger partial charge in [-0.25, -0.2) is 4.98 Å². The summed E-state index contributed by atoms with van der Waals surface area (Å²) in [6.07, 6.45) is 13.3. The topological polar surface area (TPSA) is 84.1 Å². The number of benzene rings is 3. The highest BCUT2D eigenvalue weighted by Gasteiger charge is 2.50. The van der Waals surface area contributed by atoms with Crippen molar-refractivity contribution in [1.29, 1.82) is 0 Å². The second kappa shape index (κ2) is 13.0. The van der Waals surface area contributed by atoms with Crippen LogP contribution in [0.5, 0.6) is 5.75 Å². The molecule has 3 fully saturated rings. The van der Waals surface area contributed by atoms with Crippen LogP contribution in [0.1, 0.15) is 98.8 Å². The summed E-state index contributed by atoms with van der Waals surface area (Å²) >= 11 is 6.44. The van der Waals surface area contributed by atoms with E-state index >= 15 is 0 Å². The van der Waals surface area contributed by atoms with Crippen molar-refractivity contribution in [1.82, 2.24) is 15.3 Å². The molecule has 6 nitrogen and oxygen atoms in total. The fourth-order valence-corrected chi connectivity index (χ4v) is 10.7. The summed E-state index contributed by atoms with van der Waals surface area (Å²) in [7, 11) is -5.78. The van der Waals surface area contributed by atoms with Gasteiger partial charge in [0.1, 0.15) is 11.6 Å². The normalized spacial score (nSPS) is 23.2. The van der Waals surface area contributed by atoms with Crippen LogP contribution in [0.15, 0.2) is 42.5 Å². The third kappa shape index (κ3) is 6.19. The van der Waals surface area contributed by atoms with Crippen molar-refractivity contribution in [3.05, 3.63) is 70.5 Å². The first kappa shape index (κ1) is 35.4. The van der Waals surface area contributed by atoms with Gasteiger partial charge < -0.3 is 14.5 Å². The predicted molar refractivity (Wildman–Crippen MR) is 202 cm³/mol. The minimum absolute atomic E-state index is 0.0568. The zero-order chi connectivity index (χ0) is 35.8. The summed E-state index contributed by atoms with van der Waals surface area (Å²) in [5.41, 5.74) is 5.50. The minimum Gasteiger partial charge on any atom is -0.376 e. The van der Waals surface area contributed by atoms with Gasteiger partial charge in [-0.3, -0.25) is 0 Å². The predicted octanol–water partition coefficient (Wildman–Crippen LogP) is 9.87. The molecule has 12 heteroatoms. The highest BCUT2D eigenvalue weighted by atomic mass is 33.1. The Hall–Kier alpha value is -2.67. The average molecular weight is 756 g/mol. The first-order valence-electron chi connectivity index (χ1n) is 18.2. The van der Waals surface area contributed by atoms with Gasteiger partial charge in [0, 0.05) is 5.56 Å². The van der Waals surface area contributed by atoms with Gasteiger partial charge in [0.25, 0.3) is 0 Å². The maximum absolute atomic E-state index is 13.4. The zero-order valence-electron chi connectivity index (χ0n) is 28.7. The SMILES string of the molecule is CC1CNC(c2nc3ccc(-c4ccc(-c5ccc(OS(=O)(=O)C(F)(F)F)c6c5CC5(CCCC5)C6)c5c4CC4(CCCC4)C5)cc3[nH]2)C1.SS. The van der Waals surface area contributed by atoms with E-state index in [9.17, 15) is 21.6 Å². The van der Waals surface area contributed by atoms with Gasteiger partial charge in [-0.2, -0.15) is 21.6 Å². The first-order valence-corrected chi connectivity index (χ1v) is 21.2. The lowest BCUT2D eigenvalue weighted by atomic mass is 9.82. The van der Waals surface area contributed by atoms with E-state index in [0.717, 1.165) is 97.0 Å². The molecule has 0 bridgehead atoms. The van der Waals surface area contributed by atoms with Gasteiger partial charge in [-0.05, 0) is 138 Å². The number of fused-ring (bicyclic) bond motifs is 3. The quantitative estimate of drug-likeness (QED) is 0.0706. The van der Waals surface area contributed by atoms with Crippen molar-refractivity contribution >= 4 is 44.5 Å². The summed E-state index contributed by atoms with van der Waals surface area (Å²) < 4.78 is 69.5. The number of halogens is 3. The van der Waals surface area contributed by atoms with Crippen molar-refractivity contribution in [2.45, 2.75) is 102 Å². The Kier molecular flexibility index (Phi) is 9.03. The Morgan fingerprint density at radius 2 is 1.35 bits per heavy atom. The van der Waals surface area contributed by atoms with Crippen molar-refractivity contribution in [2.24, 2.45) is 16.7 Å². The maximum atomic E-state index is 13.4. The molecule has 2 N–H and O–H groups in total. The van der Waals surface area contributed by atoms with E-state index in [1.807, 2.05) is 6.07 Å². The molecule has 9 rings (SSSR count). The largest absolute Gasteiger partial charge is 0.534 e. The van der Waals surface area contributed by atoms with Gasteiger partial charge >= 0.3 is 15.6 Å². The molecule has 3 aromatic carbocycles. The molecule has 0 radical (unpaired) electrons. The van der Waals surface area contributed by atoms with Crippen LogP contribution in [-0.4, -0.2) is 30.4 Å². The number of aromatic nitrogens is 2. The number of nitrogens with one attached hydrogen (secondary N) is 2. The molecular formula is C39H44F3N3O3S3. The van der Waals surface area contributed by atoms with E-state index < -0.39 is 15.6 Å². The number of aromatic amines is 1. The van der Waals surface area contributed by atoms with Crippen LogP contribution < -0.4 is 9.50 Å². The molecule has 1 saturated heterocycles. The molecule has 1 aliphatic heterocycles. The van der Waals surface area contributed by atoms with E-state index in [-0.39, 0.29) is 22.6 Å². The van der Waals surface area contributed by atoms with E-state index in [4.69, 9.17) is 9.17 Å². The Labute approximate surface area is 308 Å². The molecule has 51 heavy (non-hydrogen) atoms. The Morgan fingerprint density at radius 1 is 0.804 bits per heavy atom. The number of hydrogen-bond donors (Lipinski definition) is 4. The second-order valence-corrected chi connectivity index (χ2v) is 17.5. The number of imidazole rings is 1. The zero-order valence-corrected chi connectivity index (χ0v) is 31.3. The van der Waals surface area contributed by atoms with Crippen molar-refractivity contribution in [3.63, 3.8) is 0 Å². The van der Waals surface area contributed by atoms with Gasteiger partial charge in [0.05, 0.1) is 17.1 Å². The standard InChI is InChI=1S/C39H42F3N3O3S.H2S2/c1-23-16-34(43-22-23)36-44-32-10-6-24(17-33(32)45-36)25-7-8-26(29-19-37(18-28(25)29)12-2-3-13-37)27-9-11-35(48-49(46,47)39(40,41)42)31-21-38(20-30(27)31)14-4-5-15-38;1-2/h6-11,17,23,34,43H,2-5,12-16,18-22H2,1H3,(H,44,45);1-2H. The summed E-state index contributed by atoms with van der Waals surface area (Å²) in [5, 5.41) is 3.59. The fraction of sp³-hybridized carbons (Fsp3) is 0.513. The van der Waals surface area contributed by atoms with Crippen LogP contribution in [0, 0.1) is 16.7 Å². The number of nitrogens with zero attached hydrogens (tertiary/aromatic N) is 1. The Bertz CT molecular complexity index is 2100. The van der Waals surface area contributed by atoms with Crippen LogP contribution in [0.3, 0.4) is 0 Å². The van der Waals surface area contributed by atoms with E-state index in [1.54, 1.807) is 0 Å². The molecule has 2 atom stereocenters. The van der Waals surface area contributed by atoms with E-state index in [2.05, 4.69) is 70.9 Å². The van der Waals surface area contributed by atoms with Gasteiger partial charge in [0.2, 0.25) is 0 Å². The van der Waals surface area contributed by atoms with Crippen LogP contribution in [0.2, 0.25) is 0 Å². The van der Waals surface area contributed by atoms with Gasteiger partial charge in [0.15, 0.2) is 0 Å². The van der Waals surface area contributed by atoms with Crippen LogP contribution in [-0.2, 0) is 35.8 Å². The number of hydrogen-bond acceptors (Lipinski definition) is 7. The maximum Gasteiger partial charge on any atom is 0.534 e. The number of rotatable bonds is 5. The molecule has 272 valence electrons. The van der Waals surface area contributed by atoms with Crippen LogP contribution >= 0.6 is 23.3 Å². The molecule has 2 saturated carbocycles. The fourth-order valence-electron chi connectivity index (χ4n) is 10.2. The third-order valence-corrected chi connectivity index (χ3v) is 13.6. The molecule has 5 aliphatic rings. The number of thiol groups is 2. The molecule has 2 heterocycles. The minimum atomic E-state index is -5.78. The van der Waals surface area contributed by atoms with E-state index in [0.29, 0.717) is 17.9 Å². The first-order chi connectivity index (χ1) is 24.4. The van der Waals surface area contributed by atoms with Crippen molar-refractivity contribution in [3.8, 4) is 28.0 Å².